The molecule has 0 saturated heterocycles. The van der Waals surface area contributed by atoms with Gasteiger partial charge in [-0.15, -0.1) is 11.6 Å². The largest absolute Gasteiger partial charge is 0.366 e. The minimum atomic E-state index is -0.883. The Kier molecular flexibility index (Phi) is 4.25. The number of hydrogen-bond acceptors (Lipinski definition) is 2. The molecule has 1 aromatic rings. The minimum absolute atomic E-state index is 0.144. The molecule has 0 aliphatic rings. The van der Waals surface area contributed by atoms with Crippen molar-refractivity contribution in [3.63, 3.8) is 0 Å². The first-order valence-electron chi connectivity index (χ1n) is 4.49. The second kappa shape index (κ2) is 5.46. The van der Waals surface area contributed by atoms with Gasteiger partial charge in [0.2, 0.25) is 5.91 Å². The lowest BCUT2D eigenvalue weighted by Gasteiger charge is -2.05. The maximum atomic E-state index is 13.1. The number of nitrogens with two attached hydrogens (primary N) is 1. The molecule has 0 heterocycles. The highest BCUT2D eigenvalue weighted by Gasteiger charge is 2.10. The Hall–Kier alpha value is -1.62. The standard InChI is InChI=1S/C10H10ClFN2O2/c11-4-3-9(15)14-6-1-2-8(12)7(5-6)10(13)16/h1-2,5H,3-4H2,(H2,13,16)(H,14,15). The van der Waals surface area contributed by atoms with Crippen molar-refractivity contribution in [2.45, 2.75) is 6.42 Å². The minimum Gasteiger partial charge on any atom is -0.366 e. The SMILES string of the molecule is NC(=O)c1cc(NC(=O)CCCl)ccc1F. The van der Waals surface area contributed by atoms with Crippen molar-refractivity contribution in [1.82, 2.24) is 0 Å². The summed E-state index contributed by atoms with van der Waals surface area (Å²) < 4.78 is 13.1. The van der Waals surface area contributed by atoms with Crippen LogP contribution >= 0.6 is 11.6 Å². The van der Waals surface area contributed by atoms with E-state index in [1.54, 1.807) is 0 Å². The third-order valence-electron chi connectivity index (χ3n) is 1.84. The van der Waals surface area contributed by atoms with Crippen molar-refractivity contribution in [1.29, 1.82) is 0 Å². The van der Waals surface area contributed by atoms with E-state index in [-0.39, 0.29) is 23.8 Å². The van der Waals surface area contributed by atoms with Gasteiger partial charge >= 0.3 is 0 Å². The van der Waals surface area contributed by atoms with Crippen molar-refractivity contribution >= 4 is 29.1 Å². The molecule has 3 N–H and O–H groups in total. The van der Waals surface area contributed by atoms with Gasteiger partial charge in [-0.2, -0.15) is 0 Å². The maximum absolute atomic E-state index is 13.1. The third kappa shape index (κ3) is 3.20. The quantitative estimate of drug-likeness (QED) is 0.788. The van der Waals surface area contributed by atoms with Crippen LogP contribution in [0.1, 0.15) is 16.8 Å². The third-order valence-corrected chi connectivity index (χ3v) is 2.03. The Labute approximate surface area is 96.6 Å². The Morgan fingerprint density at radius 2 is 2.12 bits per heavy atom. The van der Waals surface area contributed by atoms with Crippen molar-refractivity contribution < 1.29 is 14.0 Å². The lowest BCUT2D eigenvalue weighted by Crippen LogP contribution is -2.15. The molecule has 0 aromatic heterocycles. The van der Waals surface area contributed by atoms with E-state index in [9.17, 15) is 14.0 Å². The summed E-state index contributed by atoms with van der Waals surface area (Å²) in [5.74, 6) is -1.72. The first kappa shape index (κ1) is 12.4. The highest BCUT2D eigenvalue weighted by Crippen LogP contribution is 2.14. The van der Waals surface area contributed by atoms with E-state index in [1.165, 1.54) is 12.1 Å². The lowest BCUT2D eigenvalue weighted by atomic mass is 10.1. The van der Waals surface area contributed by atoms with Crippen LogP contribution in [-0.2, 0) is 4.79 Å². The first-order valence-corrected chi connectivity index (χ1v) is 5.03. The molecule has 0 spiro atoms. The number of nitrogens with one attached hydrogen (secondary N) is 1. The molecule has 0 unspecified atom stereocenters. The van der Waals surface area contributed by atoms with E-state index in [2.05, 4.69) is 5.32 Å². The summed E-state index contributed by atoms with van der Waals surface area (Å²) in [4.78, 5) is 22.0. The fourth-order valence-electron chi connectivity index (χ4n) is 1.10. The monoisotopic (exact) mass is 244 g/mol. The van der Waals surface area contributed by atoms with Crippen LogP contribution in [-0.4, -0.2) is 17.7 Å². The number of benzene rings is 1. The van der Waals surface area contributed by atoms with Gasteiger partial charge in [0.15, 0.2) is 0 Å². The summed E-state index contributed by atoms with van der Waals surface area (Å²) in [5.41, 5.74) is 5.01. The Morgan fingerprint density at radius 1 is 1.44 bits per heavy atom. The molecule has 0 atom stereocenters. The van der Waals surface area contributed by atoms with Gasteiger partial charge in [0.05, 0.1) is 5.56 Å². The number of primary amides is 1. The van der Waals surface area contributed by atoms with Gasteiger partial charge in [-0.05, 0) is 18.2 Å². The summed E-state index contributed by atoms with van der Waals surface area (Å²) in [6.07, 6.45) is 0.144. The molecule has 1 aromatic carbocycles. The van der Waals surface area contributed by atoms with Gasteiger partial charge in [-0.25, -0.2) is 4.39 Å². The molecule has 1 rings (SSSR count). The molecular formula is C10H10ClFN2O2. The fraction of sp³-hybridized carbons (Fsp3) is 0.200. The van der Waals surface area contributed by atoms with Gasteiger partial charge in [0, 0.05) is 18.0 Å². The zero-order valence-electron chi connectivity index (χ0n) is 8.30. The molecule has 86 valence electrons. The zero-order chi connectivity index (χ0) is 12.1. The summed E-state index contributed by atoms with van der Waals surface area (Å²) in [6.45, 7) is 0. The number of carbonyl (C=O) groups is 2. The molecule has 2 amide bonds. The number of hydrogen-bond donors (Lipinski definition) is 2. The number of halogens is 2. The summed E-state index contributed by atoms with van der Waals surface area (Å²) in [7, 11) is 0. The topological polar surface area (TPSA) is 72.2 Å². The molecule has 6 heteroatoms. The zero-order valence-corrected chi connectivity index (χ0v) is 9.05. The summed E-state index contributed by atoms with van der Waals surface area (Å²) in [6, 6.07) is 3.59. The molecule has 0 bridgehead atoms. The number of alkyl halides is 1. The molecule has 4 nitrogen and oxygen atoms in total. The first-order chi connectivity index (χ1) is 7.54. The van der Waals surface area contributed by atoms with Crippen LogP contribution in [0, 0.1) is 5.82 Å². The van der Waals surface area contributed by atoms with E-state index in [0.717, 1.165) is 6.07 Å². The number of carbonyl (C=O) groups excluding carboxylic acids is 2. The number of anilines is 1. The molecule has 0 saturated carbocycles. The van der Waals surface area contributed by atoms with Crippen LogP contribution in [0.25, 0.3) is 0 Å². The Balaban J connectivity index is 2.87. The summed E-state index contributed by atoms with van der Waals surface area (Å²) >= 11 is 5.37. The van der Waals surface area contributed by atoms with E-state index in [4.69, 9.17) is 17.3 Å². The van der Waals surface area contributed by atoms with E-state index in [1.807, 2.05) is 0 Å². The van der Waals surface area contributed by atoms with Crippen LogP contribution in [0.4, 0.5) is 10.1 Å². The second-order valence-corrected chi connectivity index (χ2v) is 3.42. The predicted molar refractivity (Wildman–Crippen MR) is 58.9 cm³/mol. The van der Waals surface area contributed by atoms with Crippen LogP contribution in [0.15, 0.2) is 18.2 Å². The van der Waals surface area contributed by atoms with E-state index in [0.29, 0.717) is 5.69 Å². The molecule has 0 radical (unpaired) electrons. The van der Waals surface area contributed by atoms with E-state index >= 15 is 0 Å². The molecule has 16 heavy (non-hydrogen) atoms. The summed E-state index contributed by atoms with van der Waals surface area (Å²) in [5, 5.41) is 2.47. The van der Waals surface area contributed by atoms with Crippen LogP contribution in [0.3, 0.4) is 0 Å². The highest BCUT2D eigenvalue weighted by molar-refractivity contribution is 6.19. The number of rotatable bonds is 4. The van der Waals surface area contributed by atoms with Crippen LogP contribution in [0.2, 0.25) is 0 Å². The molecule has 0 fully saturated rings. The lowest BCUT2D eigenvalue weighted by molar-refractivity contribution is -0.115. The Morgan fingerprint density at radius 3 is 2.69 bits per heavy atom. The van der Waals surface area contributed by atoms with Crippen molar-refractivity contribution in [2.24, 2.45) is 5.73 Å². The second-order valence-electron chi connectivity index (χ2n) is 3.05. The van der Waals surface area contributed by atoms with Gasteiger partial charge in [0.1, 0.15) is 5.82 Å². The molecule has 0 aliphatic heterocycles. The maximum Gasteiger partial charge on any atom is 0.251 e. The molecular weight excluding hydrogens is 235 g/mol. The van der Waals surface area contributed by atoms with Gasteiger partial charge < -0.3 is 11.1 Å². The highest BCUT2D eigenvalue weighted by atomic mass is 35.5. The number of amides is 2. The van der Waals surface area contributed by atoms with Gasteiger partial charge in [0.25, 0.3) is 5.91 Å². The normalized spacial score (nSPS) is 9.88. The average molecular weight is 245 g/mol. The van der Waals surface area contributed by atoms with Crippen LogP contribution < -0.4 is 11.1 Å². The van der Waals surface area contributed by atoms with Crippen LogP contribution in [0.5, 0.6) is 0 Å². The predicted octanol–water partition coefficient (Wildman–Crippen LogP) is 1.49. The smallest absolute Gasteiger partial charge is 0.251 e. The van der Waals surface area contributed by atoms with Crippen molar-refractivity contribution in [2.75, 3.05) is 11.2 Å². The fourth-order valence-corrected chi connectivity index (χ4v) is 1.27. The average Bonchev–Trinajstić information content (AvgIpc) is 2.21. The molecule has 0 aliphatic carbocycles. The van der Waals surface area contributed by atoms with Gasteiger partial charge in [-0.3, -0.25) is 9.59 Å². The Bertz CT molecular complexity index is 423. The van der Waals surface area contributed by atoms with Gasteiger partial charge in [-0.1, -0.05) is 0 Å². The van der Waals surface area contributed by atoms with Crippen molar-refractivity contribution in [3.8, 4) is 0 Å². The van der Waals surface area contributed by atoms with Crippen molar-refractivity contribution in [3.05, 3.63) is 29.6 Å². The van der Waals surface area contributed by atoms with E-state index < -0.39 is 11.7 Å².